The minimum atomic E-state index is -4.43. The summed E-state index contributed by atoms with van der Waals surface area (Å²) in [4.78, 5) is 44.0. The molecule has 1 aromatic carbocycles. The van der Waals surface area contributed by atoms with Crippen LogP contribution in [0.4, 0.5) is 18.9 Å². The molecule has 4 atom stereocenters. The van der Waals surface area contributed by atoms with Crippen molar-refractivity contribution in [1.29, 1.82) is 0 Å². The van der Waals surface area contributed by atoms with E-state index in [2.05, 4.69) is 5.32 Å². The van der Waals surface area contributed by atoms with Crippen molar-refractivity contribution in [3.05, 3.63) is 23.8 Å². The number of alkyl halides is 3. The molecule has 0 bridgehead atoms. The molecule has 10 nitrogen and oxygen atoms in total. The molecule has 3 amide bonds. The molecule has 256 valence electrons. The maximum absolute atomic E-state index is 14.2. The molecule has 2 N–H and O–H groups in total. The number of aliphatic hydroxyl groups excluding tert-OH is 1. The van der Waals surface area contributed by atoms with Gasteiger partial charge >= 0.3 is 6.18 Å². The number of nitrogens with zero attached hydrogens (tertiary/aromatic N) is 3. The van der Waals surface area contributed by atoms with Crippen LogP contribution in [0.15, 0.2) is 18.2 Å². The normalized spacial score (nSPS) is 21.0. The van der Waals surface area contributed by atoms with Crippen LogP contribution in [0.2, 0.25) is 0 Å². The average molecular weight is 645 g/mol. The number of aliphatic hydroxyl groups is 1. The number of rotatable bonds is 11. The summed E-state index contributed by atoms with van der Waals surface area (Å²) in [5.74, 6) is -1.23. The highest BCUT2D eigenvalue weighted by molar-refractivity contribution is 5.99. The van der Waals surface area contributed by atoms with Gasteiger partial charge in [-0.3, -0.25) is 14.4 Å². The van der Waals surface area contributed by atoms with E-state index in [0.29, 0.717) is 43.7 Å². The Bertz CT molecular complexity index is 1100. The summed E-state index contributed by atoms with van der Waals surface area (Å²) < 4.78 is 50.5. The number of halogens is 3. The minimum Gasteiger partial charge on any atom is -0.490 e. The lowest BCUT2D eigenvalue weighted by Gasteiger charge is -2.36. The van der Waals surface area contributed by atoms with Crippen molar-refractivity contribution in [3.63, 3.8) is 0 Å². The number of amides is 3. The van der Waals surface area contributed by atoms with Crippen molar-refractivity contribution in [2.45, 2.75) is 90.1 Å². The molecule has 1 aliphatic heterocycles. The molecular weight excluding hydrogens is 593 g/mol. The number of hydrogen-bond donors (Lipinski definition) is 2. The summed E-state index contributed by atoms with van der Waals surface area (Å²) >= 11 is 0. The van der Waals surface area contributed by atoms with Gasteiger partial charge in [-0.15, -0.1) is 0 Å². The van der Waals surface area contributed by atoms with Gasteiger partial charge in [-0.25, -0.2) is 0 Å². The topological polar surface area (TPSA) is 112 Å². The van der Waals surface area contributed by atoms with Gasteiger partial charge in [-0.05, 0) is 78.4 Å². The van der Waals surface area contributed by atoms with Gasteiger partial charge in [0.25, 0.3) is 5.91 Å². The van der Waals surface area contributed by atoms with E-state index in [1.54, 1.807) is 25.1 Å². The summed E-state index contributed by atoms with van der Waals surface area (Å²) in [6.45, 7) is 6.44. The van der Waals surface area contributed by atoms with Crippen molar-refractivity contribution >= 4 is 23.4 Å². The van der Waals surface area contributed by atoms with E-state index in [1.807, 2.05) is 32.8 Å². The Balaban J connectivity index is 2.37. The number of hydrogen-bond acceptors (Lipinski definition) is 7. The van der Waals surface area contributed by atoms with Gasteiger partial charge in [-0.2, -0.15) is 13.2 Å². The van der Waals surface area contributed by atoms with Crippen LogP contribution in [-0.4, -0.2) is 116 Å². The smallest absolute Gasteiger partial charge is 0.389 e. The molecule has 0 spiro atoms. The fraction of sp³-hybridized carbons (Fsp3) is 0.719. The van der Waals surface area contributed by atoms with E-state index >= 15 is 0 Å². The molecule has 0 aromatic heterocycles. The predicted molar refractivity (Wildman–Crippen MR) is 166 cm³/mol. The van der Waals surface area contributed by atoms with Gasteiger partial charge in [-0.1, -0.05) is 6.92 Å². The van der Waals surface area contributed by atoms with E-state index < -0.39 is 43.0 Å². The van der Waals surface area contributed by atoms with Crippen molar-refractivity contribution in [1.82, 2.24) is 14.7 Å². The Morgan fingerprint density at radius 2 is 1.87 bits per heavy atom. The average Bonchev–Trinajstić information content (AvgIpc) is 2.96. The first kappa shape index (κ1) is 38.3. The number of carbonyl (C=O) groups is 3. The second-order valence-electron chi connectivity index (χ2n) is 12.4. The number of benzene rings is 1. The second-order valence-corrected chi connectivity index (χ2v) is 12.4. The van der Waals surface area contributed by atoms with Gasteiger partial charge < -0.3 is 34.6 Å². The lowest BCUT2D eigenvalue weighted by Crippen LogP contribution is -2.48. The monoisotopic (exact) mass is 644 g/mol. The van der Waals surface area contributed by atoms with Crippen LogP contribution in [0.1, 0.15) is 76.1 Å². The second kappa shape index (κ2) is 18.3. The Labute approximate surface area is 265 Å². The molecule has 0 radical (unpaired) electrons. The molecule has 2 rings (SSSR count). The fourth-order valence-corrected chi connectivity index (χ4v) is 5.05. The molecule has 0 unspecified atom stereocenters. The van der Waals surface area contributed by atoms with E-state index in [-0.39, 0.29) is 43.2 Å². The lowest BCUT2D eigenvalue weighted by atomic mass is 10.0. The standard InChI is InChI=1S/C32H51F3N4O6/c1-22-19-39(23(2)21-40)31(43)26-18-25(36-29(41)11-9-16-37(4)5)12-13-27(26)45-24(3)10-7-8-17-44-28(22)20-38(6)30(42)14-15-32(33,34)35/h12-13,18,22-24,28,40H,7-11,14-17,19-21H2,1-6H3,(H,36,41)/t22-,23+,24-,28+/m0/s1. The summed E-state index contributed by atoms with van der Waals surface area (Å²) in [6, 6.07) is 4.35. The molecule has 1 aromatic rings. The number of carbonyl (C=O) groups excluding carboxylic acids is 3. The van der Waals surface area contributed by atoms with Gasteiger partial charge in [0.2, 0.25) is 11.8 Å². The number of likely N-dealkylation sites (N-methyl/N-ethyl adjacent to an activating group) is 1. The molecule has 1 heterocycles. The van der Waals surface area contributed by atoms with Gasteiger partial charge in [0.1, 0.15) is 5.75 Å². The number of ether oxygens (including phenoxy) is 2. The third-order valence-electron chi connectivity index (χ3n) is 7.85. The number of fused-ring (bicyclic) bond motifs is 1. The quantitative estimate of drug-likeness (QED) is 0.363. The SMILES string of the molecule is C[C@H](CO)N1C[C@H](C)[C@@H](CN(C)C(=O)CCC(F)(F)F)OCCCC[C@H](C)Oc2ccc(NC(=O)CCCN(C)C)cc2C1=O. The zero-order valence-electron chi connectivity index (χ0n) is 27.5. The first-order chi connectivity index (χ1) is 21.1. The van der Waals surface area contributed by atoms with E-state index in [4.69, 9.17) is 9.47 Å². The van der Waals surface area contributed by atoms with Gasteiger partial charge in [0.05, 0.1) is 36.8 Å². The highest BCUT2D eigenvalue weighted by Crippen LogP contribution is 2.29. The van der Waals surface area contributed by atoms with E-state index in [0.717, 1.165) is 13.0 Å². The number of anilines is 1. The van der Waals surface area contributed by atoms with Crippen LogP contribution < -0.4 is 10.1 Å². The molecule has 1 aliphatic rings. The maximum Gasteiger partial charge on any atom is 0.389 e. The molecule has 0 aliphatic carbocycles. The summed E-state index contributed by atoms with van der Waals surface area (Å²) in [6.07, 6.45) is -3.97. The summed E-state index contributed by atoms with van der Waals surface area (Å²) in [5, 5.41) is 13.0. The Kier molecular flexibility index (Phi) is 15.6. The van der Waals surface area contributed by atoms with Crippen molar-refractivity contribution in [2.24, 2.45) is 5.92 Å². The van der Waals surface area contributed by atoms with Gasteiger partial charge in [0, 0.05) is 51.2 Å². The molecule has 45 heavy (non-hydrogen) atoms. The highest BCUT2D eigenvalue weighted by Gasteiger charge is 2.32. The molecule has 13 heteroatoms. The van der Waals surface area contributed by atoms with E-state index in [9.17, 15) is 32.7 Å². The lowest BCUT2D eigenvalue weighted by molar-refractivity contribution is -0.149. The molecule has 0 saturated heterocycles. The van der Waals surface area contributed by atoms with Crippen molar-refractivity contribution in [2.75, 3.05) is 59.3 Å². The third kappa shape index (κ3) is 13.5. The van der Waals surface area contributed by atoms with E-state index in [1.165, 1.54) is 16.8 Å². The van der Waals surface area contributed by atoms with Crippen LogP contribution >= 0.6 is 0 Å². The largest absolute Gasteiger partial charge is 0.490 e. The Morgan fingerprint density at radius 3 is 2.51 bits per heavy atom. The van der Waals surface area contributed by atoms with Crippen LogP contribution in [0, 0.1) is 5.92 Å². The van der Waals surface area contributed by atoms with Crippen LogP contribution in [-0.2, 0) is 14.3 Å². The zero-order chi connectivity index (χ0) is 33.7. The highest BCUT2D eigenvalue weighted by atomic mass is 19.4. The van der Waals surface area contributed by atoms with Crippen LogP contribution in [0.5, 0.6) is 5.75 Å². The Morgan fingerprint density at radius 1 is 1.16 bits per heavy atom. The predicted octanol–water partition coefficient (Wildman–Crippen LogP) is 4.56. The fourth-order valence-electron chi connectivity index (χ4n) is 5.05. The van der Waals surface area contributed by atoms with Crippen molar-refractivity contribution < 1.29 is 42.1 Å². The third-order valence-corrected chi connectivity index (χ3v) is 7.85. The summed E-state index contributed by atoms with van der Waals surface area (Å²) in [7, 11) is 5.32. The Hall–Kier alpha value is -2.90. The summed E-state index contributed by atoms with van der Waals surface area (Å²) in [5.41, 5.74) is 0.675. The van der Waals surface area contributed by atoms with Crippen molar-refractivity contribution in [3.8, 4) is 5.75 Å². The molecule has 0 saturated carbocycles. The maximum atomic E-state index is 14.2. The molecular formula is C32H51F3N4O6. The zero-order valence-corrected chi connectivity index (χ0v) is 27.5. The van der Waals surface area contributed by atoms with Crippen LogP contribution in [0.25, 0.3) is 0 Å². The van der Waals surface area contributed by atoms with Crippen LogP contribution in [0.3, 0.4) is 0 Å². The molecule has 0 fully saturated rings. The number of nitrogens with one attached hydrogen (secondary N) is 1. The first-order valence-electron chi connectivity index (χ1n) is 15.7. The first-order valence-corrected chi connectivity index (χ1v) is 15.7. The van der Waals surface area contributed by atoms with Gasteiger partial charge in [0.15, 0.2) is 0 Å². The minimum absolute atomic E-state index is 0.0491.